The first kappa shape index (κ1) is 23.1. The van der Waals surface area contributed by atoms with Crippen LogP contribution in [-0.2, 0) is 13.0 Å². The lowest BCUT2D eigenvalue weighted by Gasteiger charge is -2.21. The molecular formula is C24H23Cl2N3O4. The number of carbonyl (C=O) groups is 2. The average molecular weight is 488 g/mol. The van der Waals surface area contributed by atoms with Gasteiger partial charge in [0.05, 0.1) is 24.2 Å². The molecule has 1 aliphatic carbocycles. The topological polar surface area (TPSA) is 84.7 Å². The van der Waals surface area contributed by atoms with Crippen molar-refractivity contribution in [3.05, 3.63) is 81.2 Å². The molecule has 2 amide bonds. The molecule has 3 aromatic rings. The van der Waals surface area contributed by atoms with E-state index in [9.17, 15) is 9.59 Å². The Kier molecular flexibility index (Phi) is 7.20. The summed E-state index contributed by atoms with van der Waals surface area (Å²) < 4.78 is 10.5. The van der Waals surface area contributed by atoms with Gasteiger partial charge in [-0.2, -0.15) is 0 Å². The Balaban J connectivity index is 1.35. The van der Waals surface area contributed by atoms with Crippen LogP contribution < -0.4 is 10.1 Å². The van der Waals surface area contributed by atoms with Crippen molar-refractivity contribution < 1.29 is 18.8 Å². The molecule has 7 nitrogen and oxygen atoms in total. The zero-order chi connectivity index (χ0) is 23.4. The van der Waals surface area contributed by atoms with Gasteiger partial charge < -0.3 is 19.5 Å². The lowest BCUT2D eigenvalue weighted by molar-refractivity contribution is 0.0713. The number of ether oxygens (including phenoxy) is 1. The molecule has 1 saturated carbocycles. The fourth-order valence-corrected chi connectivity index (χ4v) is 3.93. The van der Waals surface area contributed by atoms with Crippen LogP contribution in [0.25, 0.3) is 0 Å². The van der Waals surface area contributed by atoms with Gasteiger partial charge in [0.2, 0.25) is 0 Å². The summed E-state index contributed by atoms with van der Waals surface area (Å²) in [4.78, 5) is 27.2. The highest BCUT2D eigenvalue weighted by Crippen LogP contribution is 2.32. The van der Waals surface area contributed by atoms with Crippen LogP contribution in [0.2, 0.25) is 10.0 Å². The number of benzene rings is 2. The summed E-state index contributed by atoms with van der Waals surface area (Å²) in [6, 6.07) is 14.1. The van der Waals surface area contributed by atoms with Crippen LogP contribution in [0.4, 0.5) is 0 Å². The number of nitrogens with one attached hydrogen (secondary N) is 1. The van der Waals surface area contributed by atoms with Gasteiger partial charge >= 0.3 is 0 Å². The summed E-state index contributed by atoms with van der Waals surface area (Å²) in [6.45, 7) is 0.656. The maximum atomic E-state index is 13.1. The third kappa shape index (κ3) is 5.86. The quantitative estimate of drug-likeness (QED) is 0.469. The van der Waals surface area contributed by atoms with Gasteiger partial charge in [0.15, 0.2) is 11.5 Å². The minimum Gasteiger partial charge on any atom is -0.497 e. The molecule has 4 rings (SSSR count). The normalized spacial score (nSPS) is 12.9. The van der Waals surface area contributed by atoms with Crippen LogP contribution >= 0.6 is 23.2 Å². The summed E-state index contributed by atoms with van der Waals surface area (Å²) >= 11 is 12.2. The van der Waals surface area contributed by atoms with Crippen molar-refractivity contribution in [3.8, 4) is 5.75 Å². The summed E-state index contributed by atoms with van der Waals surface area (Å²) in [7, 11) is 1.62. The van der Waals surface area contributed by atoms with E-state index in [1.54, 1.807) is 36.3 Å². The number of halogens is 2. The van der Waals surface area contributed by atoms with Crippen molar-refractivity contribution in [3.63, 3.8) is 0 Å². The lowest BCUT2D eigenvalue weighted by Crippen LogP contribution is -2.32. The molecule has 0 unspecified atom stereocenters. The van der Waals surface area contributed by atoms with E-state index in [0.29, 0.717) is 34.3 Å². The summed E-state index contributed by atoms with van der Waals surface area (Å²) in [5.41, 5.74) is 1.63. The van der Waals surface area contributed by atoms with E-state index in [1.807, 2.05) is 24.3 Å². The van der Waals surface area contributed by atoms with Gasteiger partial charge in [-0.3, -0.25) is 9.59 Å². The van der Waals surface area contributed by atoms with Crippen LogP contribution in [0.15, 0.2) is 53.1 Å². The van der Waals surface area contributed by atoms with Crippen molar-refractivity contribution >= 4 is 35.0 Å². The molecular weight excluding hydrogens is 465 g/mol. The van der Waals surface area contributed by atoms with Crippen LogP contribution in [0, 0.1) is 0 Å². The van der Waals surface area contributed by atoms with E-state index in [4.69, 9.17) is 32.5 Å². The molecule has 172 valence electrons. The van der Waals surface area contributed by atoms with Crippen molar-refractivity contribution in [2.75, 3.05) is 13.7 Å². The summed E-state index contributed by atoms with van der Waals surface area (Å²) in [5.74, 6) is 0.681. The first-order valence-electron chi connectivity index (χ1n) is 10.6. The van der Waals surface area contributed by atoms with Crippen molar-refractivity contribution in [1.29, 1.82) is 0 Å². The van der Waals surface area contributed by atoms with Crippen molar-refractivity contribution in [2.24, 2.45) is 0 Å². The molecule has 2 aromatic carbocycles. The second-order valence-electron chi connectivity index (χ2n) is 7.82. The Morgan fingerprint density at radius 3 is 2.58 bits per heavy atom. The van der Waals surface area contributed by atoms with E-state index in [0.717, 1.165) is 24.2 Å². The van der Waals surface area contributed by atoms with Crippen molar-refractivity contribution in [2.45, 2.75) is 31.8 Å². The Labute approximate surface area is 201 Å². The lowest BCUT2D eigenvalue weighted by atomic mass is 10.1. The van der Waals surface area contributed by atoms with Gasteiger partial charge in [-0.15, -0.1) is 0 Å². The summed E-state index contributed by atoms with van der Waals surface area (Å²) in [5, 5.41) is 7.47. The number of carbonyl (C=O) groups excluding carboxylic acids is 2. The van der Waals surface area contributed by atoms with E-state index in [1.165, 1.54) is 0 Å². The third-order valence-corrected chi connectivity index (χ3v) is 5.93. The van der Waals surface area contributed by atoms with Crippen LogP contribution in [0.5, 0.6) is 5.75 Å². The molecule has 9 heteroatoms. The fraction of sp³-hybridized carbons (Fsp3) is 0.292. The molecule has 1 N–H and O–H groups in total. The van der Waals surface area contributed by atoms with E-state index >= 15 is 0 Å². The second kappa shape index (κ2) is 10.3. The highest BCUT2D eigenvalue weighted by molar-refractivity contribution is 6.36. The number of methoxy groups -OCH3 is 1. The van der Waals surface area contributed by atoms with E-state index in [2.05, 4.69) is 10.5 Å². The molecule has 0 atom stereocenters. The summed E-state index contributed by atoms with van der Waals surface area (Å²) in [6.07, 6.45) is 2.49. The van der Waals surface area contributed by atoms with E-state index < -0.39 is 0 Å². The SMILES string of the molecule is COc1ccc(CCNC(=O)c2cc(CN(C(=O)c3ccc(Cl)cc3Cl)C3CC3)on2)cc1. The Bertz CT molecular complexity index is 1140. The number of hydrogen-bond acceptors (Lipinski definition) is 5. The standard InChI is InChI=1S/C24H23Cl2N3O4/c1-32-18-7-2-15(3-8-18)10-11-27-23(30)22-13-19(33-28-22)14-29(17-5-6-17)24(31)20-9-4-16(25)12-21(20)26/h2-4,7-9,12-13,17H,5-6,10-11,14H2,1H3,(H,27,30). The average Bonchev–Trinajstić information content (AvgIpc) is 3.54. The Hall–Kier alpha value is -3.03. The molecule has 0 saturated heterocycles. The van der Waals surface area contributed by atoms with Gasteiger partial charge in [-0.1, -0.05) is 40.5 Å². The van der Waals surface area contributed by atoms with E-state index in [-0.39, 0.29) is 30.1 Å². The number of aromatic nitrogens is 1. The van der Waals surface area contributed by atoms with Crippen molar-refractivity contribution in [1.82, 2.24) is 15.4 Å². The van der Waals surface area contributed by atoms with Gasteiger partial charge in [0.1, 0.15) is 5.75 Å². The molecule has 0 aliphatic heterocycles. The monoisotopic (exact) mass is 487 g/mol. The highest BCUT2D eigenvalue weighted by Gasteiger charge is 2.34. The first-order chi connectivity index (χ1) is 15.9. The Morgan fingerprint density at radius 2 is 1.91 bits per heavy atom. The Morgan fingerprint density at radius 1 is 1.15 bits per heavy atom. The number of amides is 2. The molecule has 0 spiro atoms. The zero-order valence-electron chi connectivity index (χ0n) is 18.0. The number of hydrogen-bond donors (Lipinski definition) is 1. The smallest absolute Gasteiger partial charge is 0.273 e. The van der Waals surface area contributed by atoms with Gasteiger partial charge in [0, 0.05) is 23.7 Å². The molecule has 1 aliphatic rings. The predicted octanol–water partition coefficient (Wildman–Crippen LogP) is 4.77. The van der Waals surface area contributed by atoms with Crippen LogP contribution in [-0.4, -0.2) is 41.6 Å². The number of rotatable bonds is 9. The largest absolute Gasteiger partial charge is 0.497 e. The highest BCUT2D eigenvalue weighted by atomic mass is 35.5. The molecule has 1 fully saturated rings. The number of nitrogens with zero attached hydrogens (tertiary/aromatic N) is 2. The third-order valence-electron chi connectivity index (χ3n) is 5.39. The maximum absolute atomic E-state index is 13.1. The van der Waals surface area contributed by atoms with Gasteiger partial charge in [-0.05, 0) is 55.2 Å². The molecule has 1 heterocycles. The van der Waals surface area contributed by atoms with Crippen LogP contribution in [0.1, 0.15) is 45.0 Å². The molecule has 0 bridgehead atoms. The minimum absolute atomic E-state index is 0.108. The predicted molar refractivity (Wildman–Crippen MR) is 125 cm³/mol. The maximum Gasteiger partial charge on any atom is 0.273 e. The van der Waals surface area contributed by atoms with Gasteiger partial charge in [-0.25, -0.2) is 0 Å². The molecule has 1 aromatic heterocycles. The molecule has 0 radical (unpaired) electrons. The first-order valence-corrected chi connectivity index (χ1v) is 11.3. The molecule has 33 heavy (non-hydrogen) atoms. The van der Waals surface area contributed by atoms with Crippen LogP contribution in [0.3, 0.4) is 0 Å². The minimum atomic E-state index is -0.330. The fourth-order valence-electron chi connectivity index (χ4n) is 3.44. The zero-order valence-corrected chi connectivity index (χ0v) is 19.5. The van der Waals surface area contributed by atoms with Gasteiger partial charge in [0.25, 0.3) is 11.8 Å². The second-order valence-corrected chi connectivity index (χ2v) is 8.66.